The first kappa shape index (κ1) is 20.7. The molecule has 0 aliphatic carbocycles. The molecule has 29 heavy (non-hydrogen) atoms. The van der Waals surface area contributed by atoms with Gasteiger partial charge >= 0.3 is 0 Å². The minimum Gasteiger partial charge on any atom is -0.497 e. The molecule has 0 unspecified atom stereocenters. The Morgan fingerprint density at radius 3 is 2.52 bits per heavy atom. The summed E-state index contributed by atoms with van der Waals surface area (Å²) in [6.07, 6.45) is 5.01. The number of hydrogen-bond donors (Lipinski definition) is 1. The number of nitrogens with zero attached hydrogens (tertiary/aromatic N) is 1. The third-order valence-electron chi connectivity index (χ3n) is 4.72. The molecule has 1 aliphatic rings. The topological polar surface area (TPSA) is 67.9 Å². The van der Waals surface area contributed by atoms with Crippen molar-refractivity contribution in [1.29, 1.82) is 0 Å². The van der Waals surface area contributed by atoms with Gasteiger partial charge in [-0.15, -0.1) is 0 Å². The van der Waals surface area contributed by atoms with Crippen molar-refractivity contribution in [2.24, 2.45) is 0 Å². The lowest BCUT2D eigenvalue weighted by Crippen LogP contribution is -2.28. The second-order valence-electron chi connectivity index (χ2n) is 6.62. The van der Waals surface area contributed by atoms with Gasteiger partial charge in [0, 0.05) is 35.8 Å². The quantitative estimate of drug-likeness (QED) is 0.717. The van der Waals surface area contributed by atoms with Crippen LogP contribution in [0.5, 0.6) is 11.5 Å². The average molecular weight is 415 g/mol. The monoisotopic (exact) mass is 414 g/mol. The maximum atomic E-state index is 12.8. The van der Waals surface area contributed by atoms with Gasteiger partial charge in [-0.1, -0.05) is 11.6 Å². The number of rotatable bonds is 6. The Bertz CT molecular complexity index is 936. The van der Waals surface area contributed by atoms with Crippen molar-refractivity contribution in [2.75, 3.05) is 32.6 Å². The molecule has 1 heterocycles. The number of carbonyl (C=O) groups is 2. The smallest absolute Gasteiger partial charge is 0.256 e. The van der Waals surface area contributed by atoms with E-state index in [4.69, 9.17) is 21.1 Å². The zero-order valence-corrected chi connectivity index (χ0v) is 17.2. The van der Waals surface area contributed by atoms with Crippen LogP contribution in [-0.4, -0.2) is 44.0 Å². The third-order valence-corrected chi connectivity index (χ3v) is 4.95. The van der Waals surface area contributed by atoms with Crippen LogP contribution in [0, 0.1) is 0 Å². The standard InChI is InChI=1S/C22H23ClN2O4/c1-28-17-8-5-15(20(14-17)29-2)6-10-21(26)24-19-9-7-16(23)13-18(19)22(27)25-11-3-4-12-25/h5-10,13-14H,3-4,11-12H2,1-2H3,(H,24,26). The number of halogens is 1. The van der Waals surface area contributed by atoms with Crippen LogP contribution in [0.15, 0.2) is 42.5 Å². The second-order valence-corrected chi connectivity index (χ2v) is 7.06. The number of methoxy groups -OCH3 is 2. The first-order valence-electron chi connectivity index (χ1n) is 9.31. The van der Waals surface area contributed by atoms with E-state index in [0.717, 1.165) is 31.5 Å². The van der Waals surface area contributed by atoms with Gasteiger partial charge in [0.25, 0.3) is 5.91 Å². The number of anilines is 1. The lowest BCUT2D eigenvalue weighted by molar-refractivity contribution is -0.111. The number of ether oxygens (including phenoxy) is 2. The van der Waals surface area contributed by atoms with Crippen LogP contribution in [0.4, 0.5) is 5.69 Å². The third kappa shape index (κ3) is 5.09. The normalized spacial score (nSPS) is 13.6. The number of nitrogens with one attached hydrogen (secondary N) is 1. The molecule has 2 aromatic rings. The first-order chi connectivity index (χ1) is 14.0. The summed E-state index contributed by atoms with van der Waals surface area (Å²) < 4.78 is 10.5. The van der Waals surface area contributed by atoms with Crippen LogP contribution in [-0.2, 0) is 4.79 Å². The zero-order chi connectivity index (χ0) is 20.8. The highest BCUT2D eigenvalue weighted by atomic mass is 35.5. The first-order valence-corrected chi connectivity index (χ1v) is 9.69. The van der Waals surface area contributed by atoms with Crippen molar-refractivity contribution in [3.63, 3.8) is 0 Å². The van der Waals surface area contributed by atoms with Crippen LogP contribution in [0.3, 0.4) is 0 Å². The van der Waals surface area contributed by atoms with E-state index in [2.05, 4.69) is 5.32 Å². The zero-order valence-electron chi connectivity index (χ0n) is 16.4. The molecule has 0 aromatic heterocycles. The minimum absolute atomic E-state index is 0.124. The fourth-order valence-corrected chi connectivity index (χ4v) is 3.36. The molecule has 0 bridgehead atoms. The molecule has 7 heteroatoms. The molecule has 3 rings (SSSR count). The van der Waals surface area contributed by atoms with Gasteiger partial charge < -0.3 is 19.7 Å². The van der Waals surface area contributed by atoms with Gasteiger partial charge in [-0.25, -0.2) is 0 Å². The van der Waals surface area contributed by atoms with Gasteiger partial charge in [0.2, 0.25) is 5.91 Å². The Hall–Kier alpha value is -2.99. The van der Waals surface area contributed by atoms with E-state index < -0.39 is 0 Å². The highest BCUT2D eigenvalue weighted by Crippen LogP contribution is 2.26. The molecule has 152 valence electrons. The molecule has 1 saturated heterocycles. The van der Waals surface area contributed by atoms with E-state index in [1.807, 2.05) is 0 Å². The van der Waals surface area contributed by atoms with Crippen molar-refractivity contribution in [2.45, 2.75) is 12.8 Å². The van der Waals surface area contributed by atoms with E-state index in [0.29, 0.717) is 27.8 Å². The molecule has 0 saturated carbocycles. The predicted molar refractivity (Wildman–Crippen MR) is 114 cm³/mol. The number of amides is 2. The van der Waals surface area contributed by atoms with E-state index in [1.54, 1.807) is 61.6 Å². The Morgan fingerprint density at radius 2 is 1.83 bits per heavy atom. The predicted octanol–water partition coefficient (Wildman–Crippen LogP) is 4.25. The molecule has 1 fully saturated rings. The highest BCUT2D eigenvalue weighted by molar-refractivity contribution is 6.31. The van der Waals surface area contributed by atoms with E-state index in [-0.39, 0.29) is 11.8 Å². The van der Waals surface area contributed by atoms with Gasteiger partial charge in [-0.3, -0.25) is 9.59 Å². The van der Waals surface area contributed by atoms with Gasteiger partial charge in [-0.2, -0.15) is 0 Å². The van der Waals surface area contributed by atoms with Gasteiger partial charge in [0.05, 0.1) is 25.5 Å². The van der Waals surface area contributed by atoms with Gasteiger partial charge in [0.1, 0.15) is 11.5 Å². The SMILES string of the molecule is COc1ccc(C=CC(=O)Nc2ccc(Cl)cc2C(=O)N2CCCC2)c(OC)c1. The molecule has 6 nitrogen and oxygen atoms in total. The van der Waals surface area contributed by atoms with Crippen molar-refractivity contribution in [3.05, 3.63) is 58.6 Å². The Kier molecular flexibility index (Phi) is 6.77. The summed E-state index contributed by atoms with van der Waals surface area (Å²) in [5.41, 5.74) is 1.55. The molecule has 2 amide bonds. The summed E-state index contributed by atoms with van der Waals surface area (Å²) in [6, 6.07) is 10.2. The maximum absolute atomic E-state index is 12.8. The average Bonchev–Trinajstić information content (AvgIpc) is 3.27. The largest absolute Gasteiger partial charge is 0.497 e. The minimum atomic E-state index is -0.360. The molecule has 0 spiro atoms. The van der Waals surface area contributed by atoms with Gasteiger partial charge in [-0.05, 0) is 49.2 Å². The van der Waals surface area contributed by atoms with Crippen molar-refractivity contribution in [1.82, 2.24) is 4.90 Å². The summed E-state index contributed by atoms with van der Waals surface area (Å²) in [7, 11) is 3.13. The highest BCUT2D eigenvalue weighted by Gasteiger charge is 2.22. The van der Waals surface area contributed by atoms with E-state index in [9.17, 15) is 9.59 Å². The van der Waals surface area contributed by atoms with E-state index >= 15 is 0 Å². The van der Waals surface area contributed by atoms with Gasteiger partial charge in [0.15, 0.2) is 0 Å². The maximum Gasteiger partial charge on any atom is 0.256 e. The van der Waals surface area contributed by atoms with Crippen molar-refractivity contribution >= 4 is 35.2 Å². The molecule has 1 aliphatic heterocycles. The number of benzene rings is 2. The van der Waals surface area contributed by atoms with Crippen molar-refractivity contribution < 1.29 is 19.1 Å². The van der Waals surface area contributed by atoms with Crippen LogP contribution < -0.4 is 14.8 Å². The van der Waals surface area contributed by atoms with E-state index in [1.165, 1.54) is 6.08 Å². The molecule has 0 atom stereocenters. The lowest BCUT2D eigenvalue weighted by Gasteiger charge is -2.18. The Balaban J connectivity index is 1.77. The number of likely N-dealkylation sites (tertiary alicyclic amines) is 1. The Morgan fingerprint density at radius 1 is 1.07 bits per heavy atom. The summed E-state index contributed by atoms with van der Waals surface area (Å²) in [5, 5.41) is 3.22. The Labute approximate surface area is 175 Å². The summed E-state index contributed by atoms with van der Waals surface area (Å²) in [4.78, 5) is 27.0. The van der Waals surface area contributed by atoms with Crippen LogP contribution in [0.25, 0.3) is 6.08 Å². The number of carbonyl (C=O) groups excluding carboxylic acids is 2. The molecule has 0 radical (unpaired) electrons. The summed E-state index contributed by atoms with van der Waals surface area (Å²) in [6.45, 7) is 1.44. The fourth-order valence-electron chi connectivity index (χ4n) is 3.19. The fraction of sp³-hybridized carbons (Fsp3) is 0.273. The van der Waals surface area contributed by atoms with Crippen LogP contribution in [0.1, 0.15) is 28.8 Å². The lowest BCUT2D eigenvalue weighted by atomic mass is 10.1. The molecular weight excluding hydrogens is 392 g/mol. The molecular formula is C22H23ClN2O4. The second kappa shape index (κ2) is 9.47. The molecule has 2 aromatic carbocycles. The van der Waals surface area contributed by atoms with Crippen LogP contribution >= 0.6 is 11.6 Å². The van der Waals surface area contributed by atoms with Crippen molar-refractivity contribution in [3.8, 4) is 11.5 Å². The number of hydrogen-bond acceptors (Lipinski definition) is 4. The summed E-state index contributed by atoms with van der Waals surface area (Å²) in [5.74, 6) is 0.765. The van der Waals surface area contributed by atoms with Crippen LogP contribution in [0.2, 0.25) is 5.02 Å². The summed E-state index contributed by atoms with van der Waals surface area (Å²) >= 11 is 6.08. The molecule has 1 N–H and O–H groups in total.